The maximum atomic E-state index is 13.3. The fourth-order valence-corrected chi connectivity index (χ4v) is 4.47. The summed E-state index contributed by atoms with van der Waals surface area (Å²) in [5, 5.41) is 0.674. The first-order valence-electron chi connectivity index (χ1n) is 10.5. The molecule has 0 bridgehead atoms. The van der Waals surface area contributed by atoms with Gasteiger partial charge in [0.1, 0.15) is 5.82 Å². The van der Waals surface area contributed by atoms with Crippen molar-refractivity contribution >= 4 is 23.3 Å². The predicted octanol–water partition coefficient (Wildman–Crippen LogP) is 4.64. The average Bonchev–Trinajstić information content (AvgIpc) is 2.73. The van der Waals surface area contributed by atoms with Crippen molar-refractivity contribution in [2.45, 2.75) is 45.3 Å². The second-order valence-corrected chi connectivity index (χ2v) is 8.53. The number of morpholine rings is 1. The molecule has 0 radical (unpaired) electrons. The minimum absolute atomic E-state index is 0.0802. The van der Waals surface area contributed by atoms with E-state index in [2.05, 4.69) is 18.7 Å². The number of hydrogen-bond acceptors (Lipinski definition) is 4. The van der Waals surface area contributed by atoms with Gasteiger partial charge in [0, 0.05) is 36.8 Å². The summed E-state index contributed by atoms with van der Waals surface area (Å²) in [6, 6.07) is 11.5. The number of rotatable bonds is 3. The molecule has 0 N–H and O–H groups in total. The summed E-state index contributed by atoms with van der Waals surface area (Å²) < 4.78 is 5.90. The third-order valence-electron chi connectivity index (χ3n) is 5.59. The maximum absolute atomic E-state index is 13.3. The third kappa shape index (κ3) is 4.57. The molecule has 0 spiro atoms. The Balaban J connectivity index is 1.74. The van der Waals surface area contributed by atoms with E-state index >= 15 is 0 Å². The Kier molecular flexibility index (Phi) is 6.07. The summed E-state index contributed by atoms with van der Waals surface area (Å²) in [5.41, 5.74) is 2.45. The summed E-state index contributed by atoms with van der Waals surface area (Å²) >= 11 is 6.19. The molecule has 1 aromatic heterocycles. The first kappa shape index (κ1) is 20.2. The molecule has 2 aliphatic heterocycles. The van der Waals surface area contributed by atoms with Crippen LogP contribution in [-0.4, -0.2) is 54.2 Å². The zero-order valence-electron chi connectivity index (χ0n) is 17.1. The molecule has 0 aliphatic carbocycles. The minimum atomic E-state index is 0.0802. The molecule has 1 aromatic carbocycles. The van der Waals surface area contributed by atoms with Gasteiger partial charge in [-0.05, 0) is 57.4 Å². The lowest BCUT2D eigenvalue weighted by Crippen LogP contribution is -2.47. The van der Waals surface area contributed by atoms with Crippen LogP contribution in [0.5, 0.6) is 0 Å². The highest BCUT2D eigenvalue weighted by atomic mass is 35.5. The molecule has 5 nitrogen and oxygen atoms in total. The molecule has 2 saturated heterocycles. The van der Waals surface area contributed by atoms with E-state index in [0.29, 0.717) is 10.6 Å². The van der Waals surface area contributed by atoms with E-state index in [1.807, 2.05) is 41.3 Å². The number of carbonyl (C=O) groups excluding carboxylic acids is 1. The van der Waals surface area contributed by atoms with Gasteiger partial charge in [-0.1, -0.05) is 23.7 Å². The summed E-state index contributed by atoms with van der Waals surface area (Å²) in [5.74, 6) is 0.830. The molecular formula is C23H28ClN3O2. The smallest absolute Gasteiger partial charge is 0.257 e. The highest BCUT2D eigenvalue weighted by Crippen LogP contribution is 2.29. The summed E-state index contributed by atoms with van der Waals surface area (Å²) in [7, 11) is 0. The molecule has 0 unspecified atom stereocenters. The predicted molar refractivity (Wildman–Crippen MR) is 117 cm³/mol. The lowest BCUT2D eigenvalue weighted by molar-refractivity contribution is -0.00554. The van der Waals surface area contributed by atoms with Gasteiger partial charge in [-0.3, -0.25) is 4.79 Å². The number of nitrogens with zero attached hydrogens (tertiary/aromatic N) is 3. The number of halogens is 1. The Hall–Kier alpha value is -2.11. The molecule has 6 heteroatoms. The van der Waals surface area contributed by atoms with Gasteiger partial charge in [-0.15, -0.1) is 0 Å². The number of pyridine rings is 1. The second kappa shape index (κ2) is 8.72. The van der Waals surface area contributed by atoms with E-state index in [1.54, 1.807) is 0 Å². The fraction of sp³-hybridized carbons (Fsp3) is 0.478. The number of hydrogen-bond donors (Lipinski definition) is 0. The quantitative estimate of drug-likeness (QED) is 0.735. The second-order valence-electron chi connectivity index (χ2n) is 8.09. The van der Waals surface area contributed by atoms with Crippen molar-refractivity contribution < 1.29 is 9.53 Å². The van der Waals surface area contributed by atoms with Crippen LogP contribution in [0, 0.1) is 0 Å². The van der Waals surface area contributed by atoms with E-state index in [0.717, 1.165) is 56.1 Å². The third-order valence-corrected chi connectivity index (χ3v) is 5.82. The lowest BCUT2D eigenvalue weighted by atomic mass is 10.1. The van der Waals surface area contributed by atoms with E-state index < -0.39 is 0 Å². The first-order valence-corrected chi connectivity index (χ1v) is 10.9. The van der Waals surface area contributed by atoms with Crippen molar-refractivity contribution in [3.05, 3.63) is 47.0 Å². The van der Waals surface area contributed by atoms with Crippen LogP contribution in [0.3, 0.4) is 0 Å². The number of aromatic nitrogens is 1. The fourth-order valence-electron chi connectivity index (χ4n) is 4.28. The van der Waals surface area contributed by atoms with E-state index in [9.17, 15) is 4.79 Å². The van der Waals surface area contributed by atoms with Crippen LogP contribution in [0.25, 0.3) is 11.3 Å². The number of carbonyl (C=O) groups is 1. The van der Waals surface area contributed by atoms with Gasteiger partial charge in [-0.25, -0.2) is 4.98 Å². The first-order chi connectivity index (χ1) is 14.0. The molecule has 3 heterocycles. The van der Waals surface area contributed by atoms with E-state index in [1.165, 1.54) is 6.42 Å². The molecule has 29 heavy (non-hydrogen) atoms. The molecule has 2 aromatic rings. The Bertz CT molecular complexity index is 872. The zero-order chi connectivity index (χ0) is 20.4. The van der Waals surface area contributed by atoms with Crippen LogP contribution in [0.1, 0.15) is 43.5 Å². The summed E-state index contributed by atoms with van der Waals surface area (Å²) in [4.78, 5) is 22.5. The van der Waals surface area contributed by atoms with Gasteiger partial charge in [0.05, 0.1) is 23.5 Å². The van der Waals surface area contributed by atoms with Crippen LogP contribution in [0.4, 0.5) is 5.82 Å². The van der Waals surface area contributed by atoms with Gasteiger partial charge in [0.25, 0.3) is 5.91 Å². The molecule has 2 aliphatic rings. The monoisotopic (exact) mass is 413 g/mol. The molecule has 2 atom stereocenters. The summed E-state index contributed by atoms with van der Waals surface area (Å²) in [6.07, 6.45) is 3.52. The Morgan fingerprint density at radius 1 is 1.07 bits per heavy atom. The van der Waals surface area contributed by atoms with Crippen LogP contribution in [0.15, 0.2) is 36.4 Å². The zero-order valence-corrected chi connectivity index (χ0v) is 17.9. The molecule has 2 fully saturated rings. The van der Waals surface area contributed by atoms with Gasteiger partial charge >= 0.3 is 0 Å². The van der Waals surface area contributed by atoms with Gasteiger partial charge in [0.2, 0.25) is 0 Å². The normalized spacial score (nSPS) is 22.6. The van der Waals surface area contributed by atoms with Crippen LogP contribution >= 0.6 is 11.6 Å². The number of amides is 1. The molecule has 154 valence electrons. The maximum Gasteiger partial charge on any atom is 0.257 e. The Labute approximate surface area is 177 Å². The van der Waals surface area contributed by atoms with E-state index in [4.69, 9.17) is 21.3 Å². The van der Waals surface area contributed by atoms with Gasteiger partial charge in [-0.2, -0.15) is 0 Å². The lowest BCUT2D eigenvalue weighted by Gasteiger charge is -2.37. The molecule has 1 amide bonds. The van der Waals surface area contributed by atoms with E-state index in [-0.39, 0.29) is 18.1 Å². The van der Waals surface area contributed by atoms with Crippen molar-refractivity contribution in [3.63, 3.8) is 0 Å². The van der Waals surface area contributed by atoms with Crippen molar-refractivity contribution in [2.75, 3.05) is 31.1 Å². The minimum Gasteiger partial charge on any atom is -0.372 e. The molecule has 0 saturated carbocycles. The Morgan fingerprint density at radius 3 is 2.48 bits per heavy atom. The summed E-state index contributed by atoms with van der Waals surface area (Å²) in [6.45, 7) is 7.22. The molecule has 4 rings (SSSR count). The number of likely N-dealkylation sites (tertiary alicyclic amines) is 1. The highest BCUT2D eigenvalue weighted by molar-refractivity contribution is 6.30. The van der Waals surface area contributed by atoms with Crippen LogP contribution < -0.4 is 4.90 Å². The SMILES string of the molecule is C[C@@H]1CN(c2nc(-c3cccc(Cl)c3)ccc2C(=O)N2CCCCC2)C[C@H](C)O1. The topological polar surface area (TPSA) is 45.7 Å². The Morgan fingerprint density at radius 2 is 1.79 bits per heavy atom. The number of anilines is 1. The van der Waals surface area contributed by atoms with Crippen LogP contribution in [0.2, 0.25) is 5.02 Å². The number of benzene rings is 1. The van der Waals surface area contributed by atoms with Gasteiger partial charge < -0.3 is 14.5 Å². The van der Waals surface area contributed by atoms with Crippen molar-refractivity contribution in [3.8, 4) is 11.3 Å². The van der Waals surface area contributed by atoms with Gasteiger partial charge in [0.15, 0.2) is 0 Å². The van der Waals surface area contributed by atoms with Crippen molar-refractivity contribution in [1.82, 2.24) is 9.88 Å². The number of piperidine rings is 1. The largest absolute Gasteiger partial charge is 0.372 e. The average molecular weight is 414 g/mol. The molecular weight excluding hydrogens is 386 g/mol. The van der Waals surface area contributed by atoms with Crippen molar-refractivity contribution in [2.24, 2.45) is 0 Å². The van der Waals surface area contributed by atoms with Crippen LogP contribution in [-0.2, 0) is 4.74 Å². The highest BCUT2D eigenvalue weighted by Gasteiger charge is 2.29. The van der Waals surface area contributed by atoms with Crippen molar-refractivity contribution in [1.29, 1.82) is 0 Å². The standard InChI is InChI=1S/C23H28ClN3O2/c1-16-14-27(15-17(2)29-16)22-20(23(28)26-11-4-3-5-12-26)9-10-21(25-22)18-7-6-8-19(24)13-18/h6-10,13,16-17H,3-5,11-12,14-15H2,1-2H3/t16-,17+. The number of ether oxygens (including phenoxy) is 1.